The molecule has 0 spiro atoms. The Kier molecular flexibility index (Phi) is 2.63. The summed E-state index contributed by atoms with van der Waals surface area (Å²) in [5.74, 6) is 0.539. The molecule has 2 rings (SSSR count). The van der Waals surface area contributed by atoms with Crippen LogP contribution < -0.4 is 10.6 Å². The maximum atomic E-state index is 12.6. The Bertz CT molecular complexity index is 295. The van der Waals surface area contributed by atoms with Crippen molar-refractivity contribution in [3.63, 3.8) is 0 Å². The summed E-state index contributed by atoms with van der Waals surface area (Å²) >= 11 is 0. The van der Waals surface area contributed by atoms with Crippen LogP contribution in [-0.4, -0.2) is 24.1 Å². The third-order valence-corrected chi connectivity index (χ3v) is 2.36. The van der Waals surface area contributed by atoms with Gasteiger partial charge >= 0.3 is 0 Å². The van der Waals surface area contributed by atoms with Crippen molar-refractivity contribution >= 4 is 5.82 Å². The molecule has 1 aromatic heterocycles. The Balaban J connectivity index is 2.13. The first-order valence-electron chi connectivity index (χ1n) is 4.89. The molecule has 0 radical (unpaired) electrons. The third-order valence-electron chi connectivity index (χ3n) is 2.36. The second kappa shape index (κ2) is 3.92. The van der Waals surface area contributed by atoms with Crippen molar-refractivity contribution in [3.8, 4) is 0 Å². The molecule has 0 aliphatic heterocycles. The summed E-state index contributed by atoms with van der Waals surface area (Å²) in [6.07, 6.45) is 3.64. The quantitative estimate of drug-likeness (QED) is 0.783. The number of nitrogens with zero attached hydrogens (tertiary/aromatic N) is 2. The minimum absolute atomic E-state index is 0.294. The van der Waals surface area contributed by atoms with Gasteiger partial charge in [0, 0.05) is 19.1 Å². The lowest BCUT2D eigenvalue weighted by Crippen LogP contribution is -2.32. The molecule has 0 amide bonds. The van der Waals surface area contributed by atoms with E-state index < -0.39 is 0 Å². The van der Waals surface area contributed by atoms with Gasteiger partial charge in [-0.2, -0.15) is 0 Å². The van der Waals surface area contributed by atoms with Crippen molar-refractivity contribution in [3.05, 3.63) is 24.1 Å². The van der Waals surface area contributed by atoms with Crippen LogP contribution in [-0.2, 0) is 0 Å². The number of pyridine rings is 1. The van der Waals surface area contributed by atoms with E-state index in [0.29, 0.717) is 12.6 Å². The minimum Gasteiger partial charge on any atom is -0.352 e. The predicted molar refractivity (Wildman–Crippen MR) is 53.6 cm³/mol. The Morgan fingerprint density at radius 2 is 2.29 bits per heavy atom. The highest BCUT2D eigenvalue weighted by molar-refractivity contribution is 5.41. The molecule has 1 aromatic rings. The van der Waals surface area contributed by atoms with Crippen LogP contribution >= 0.6 is 0 Å². The molecule has 0 saturated heterocycles. The topological polar surface area (TPSA) is 42.1 Å². The number of anilines is 1. The van der Waals surface area contributed by atoms with Gasteiger partial charge in [0.2, 0.25) is 0 Å². The SMILES string of the molecule is NCCN(c1ccc(F)cn1)C1CC1. The number of halogens is 1. The average molecular weight is 195 g/mol. The molecule has 0 aromatic carbocycles. The Labute approximate surface area is 82.7 Å². The van der Waals surface area contributed by atoms with Crippen molar-refractivity contribution in [1.29, 1.82) is 0 Å². The normalized spacial score (nSPS) is 15.6. The lowest BCUT2D eigenvalue weighted by Gasteiger charge is -2.22. The van der Waals surface area contributed by atoms with Gasteiger partial charge in [-0.25, -0.2) is 9.37 Å². The van der Waals surface area contributed by atoms with Gasteiger partial charge in [0.25, 0.3) is 0 Å². The summed E-state index contributed by atoms with van der Waals surface area (Å²) in [6, 6.07) is 3.72. The molecule has 0 bridgehead atoms. The third kappa shape index (κ3) is 2.01. The monoisotopic (exact) mass is 195 g/mol. The zero-order chi connectivity index (χ0) is 9.97. The number of rotatable bonds is 4. The standard InChI is InChI=1S/C10H14FN3/c11-8-1-4-10(13-7-8)14(6-5-12)9-2-3-9/h1,4,7,9H,2-3,5-6,12H2. The van der Waals surface area contributed by atoms with E-state index >= 15 is 0 Å². The second-order valence-corrected chi connectivity index (χ2v) is 3.55. The highest BCUT2D eigenvalue weighted by Gasteiger charge is 2.29. The molecular formula is C10H14FN3. The van der Waals surface area contributed by atoms with Gasteiger partial charge in [0.1, 0.15) is 11.6 Å². The van der Waals surface area contributed by atoms with E-state index in [1.165, 1.54) is 25.1 Å². The number of nitrogens with two attached hydrogens (primary N) is 1. The first kappa shape index (κ1) is 9.40. The van der Waals surface area contributed by atoms with Crippen molar-refractivity contribution in [2.45, 2.75) is 18.9 Å². The molecule has 0 unspecified atom stereocenters. The summed E-state index contributed by atoms with van der Waals surface area (Å²) in [6.45, 7) is 1.40. The zero-order valence-electron chi connectivity index (χ0n) is 7.99. The van der Waals surface area contributed by atoms with Crippen LogP contribution in [0.4, 0.5) is 10.2 Å². The number of hydrogen-bond donors (Lipinski definition) is 1. The largest absolute Gasteiger partial charge is 0.352 e. The molecule has 14 heavy (non-hydrogen) atoms. The Morgan fingerprint density at radius 1 is 1.50 bits per heavy atom. The highest BCUT2D eigenvalue weighted by atomic mass is 19.1. The fraction of sp³-hybridized carbons (Fsp3) is 0.500. The van der Waals surface area contributed by atoms with Gasteiger partial charge in [-0.05, 0) is 25.0 Å². The van der Waals surface area contributed by atoms with E-state index in [1.54, 1.807) is 6.07 Å². The van der Waals surface area contributed by atoms with Crippen LogP contribution in [0, 0.1) is 5.82 Å². The minimum atomic E-state index is -0.294. The molecular weight excluding hydrogens is 181 g/mol. The molecule has 0 atom stereocenters. The first-order chi connectivity index (χ1) is 6.81. The van der Waals surface area contributed by atoms with Gasteiger partial charge < -0.3 is 10.6 Å². The van der Waals surface area contributed by atoms with Crippen LogP contribution in [0.5, 0.6) is 0 Å². The summed E-state index contributed by atoms with van der Waals surface area (Å²) in [4.78, 5) is 6.21. The van der Waals surface area contributed by atoms with Gasteiger partial charge in [-0.1, -0.05) is 0 Å². The smallest absolute Gasteiger partial charge is 0.141 e. The molecule has 76 valence electrons. The van der Waals surface area contributed by atoms with E-state index in [-0.39, 0.29) is 5.82 Å². The summed E-state index contributed by atoms with van der Waals surface area (Å²) in [5.41, 5.74) is 5.52. The number of aromatic nitrogens is 1. The van der Waals surface area contributed by atoms with Gasteiger partial charge in [-0.3, -0.25) is 0 Å². The van der Waals surface area contributed by atoms with Gasteiger partial charge in [0.05, 0.1) is 6.20 Å². The number of hydrogen-bond acceptors (Lipinski definition) is 3. The van der Waals surface area contributed by atoms with E-state index in [9.17, 15) is 4.39 Å². The van der Waals surface area contributed by atoms with Gasteiger partial charge in [0.15, 0.2) is 0 Å². The van der Waals surface area contributed by atoms with Gasteiger partial charge in [-0.15, -0.1) is 0 Å². The summed E-state index contributed by atoms with van der Waals surface area (Å²) in [5, 5.41) is 0. The fourth-order valence-electron chi connectivity index (χ4n) is 1.55. The molecule has 1 saturated carbocycles. The molecule has 4 heteroatoms. The lowest BCUT2D eigenvalue weighted by molar-refractivity contribution is 0.620. The molecule has 1 heterocycles. The van der Waals surface area contributed by atoms with Crippen LogP contribution in [0.3, 0.4) is 0 Å². The summed E-state index contributed by atoms with van der Waals surface area (Å²) < 4.78 is 12.6. The Morgan fingerprint density at radius 3 is 2.79 bits per heavy atom. The van der Waals surface area contributed by atoms with Crippen molar-refractivity contribution in [2.24, 2.45) is 5.73 Å². The van der Waals surface area contributed by atoms with E-state index in [2.05, 4.69) is 9.88 Å². The summed E-state index contributed by atoms with van der Waals surface area (Å²) in [7, 11) is 0. The van der Waals surface area contributed by atoms with E-state index in [1.807, 2.05) is 0 Å². The van der Waals surface area contributed by atoms with Crippen LogP contribution in [0.25, 0.3) is 0 Å². The predicted octanol–water partition coefficient (Wildman–Crippen LogP) is 1.15. The first-order valence-corrected chi connectivity index (χ1v) is 4.89. The maximum Gasteiger partial charge on any atom is 0.141 e. The zero-order valence-corrected chi connectivity index (χ0v) is 7.99. The molecule has 1 aliphatic carbocycles. The van der Waals surface area contributed by atoms with Crippen LogP contribution in [0.15, 0.2) is 18.3 Å². The lowest BCUT2D eigenvalue weighted by atomic mass is 10.4. The van der Waals surface area contributed by atoms with Crippen molar-refractivity contribution in [2.75, 3.05) is 18.0 Å². The highest BCUT2D eigenvalue weighted by Crippen LogP contribution is 2.29. The van der Waals surface area contributed by atoms with Crippen molar-refractivity contribution in [1.82, 2.24) is 4.98 Å². The van der Waals surface area contributed by atoms with Crippen molar-refractivity contribution < 1.29 is 4.39 Å². The molecule has 3 nitrogen and oxygen atoms in total. The molecule has 2 N–H and O–H groups in total. The fourth-order valence-corrected chi connectivity index (χ4v) is 1.55. The van der Waals surface area contributed by atoms with Crippen LogP contribution in [0.1, 0.15) is 12.8 Å². The van der Waals surface area contributed by atoms with Crippen LogP contribution in [0.2, 0.25) is 0 Å². The van der Waals surface area contributed by atoms with E-state index in [4.69, 9.17) is 5.73 Å². The molecule has 1 fully saturated rings. The Hall–Kier alpha value is -1.16. The second-order valence-electron chi connectivity index (χ2n) is 3.55. The average Bonchev–Trinajstić information content (AvgIpc) is 2.99. The van der Waals surface area contributed by atoms with E-state index in [0.717, 1.165) is 12.4 Å². The maximum absolute atomic E-state index is 12.6. The molecule has 1 aliphatic rings.